The molecule has 0 radical (unpaired) electrons. The minimum atomic E-state index is -0.488. The summed E-state index contributed by atoms with van der Waals surface area (Å²) in [6.07, 6.45) is 5.23. The molecular formula is C17H24N6O2. The van der Waals surface area contributed by atoms with E-state index in [1.54, 1.807) is 22.5 Å². The first-order valence-electron chi connectivity index (χ1n) is 8.68. The molecule has 3 heterocycles. The molecule has 1 saturated heterocycles. The van der Waals surface area contributed by atoms with Crippen LogP contribution in [0.3, 0.4) is 0 Å². The zero-order valence-electron chi connectivity index (χ0n) is 14.9. The van der Waals surface area contributed by atoms with Crippen LogP contribution in [0.5, 0.6) is 0 Å². The minimum Gasteiger partial charge on any atom is -0.353 e. The van der Waals surface area contributed by atoms with Gasteiger partial charge in [0.2, 0.25) is 5.91 Å². The highest BCUT2D eigenvalue weighted by Crippen LogP contribution is 2.15. The van der Waals surface area contributed by atoms with Crippen LogP contribution in [0.2, 0.25) is 0 Å². The lowest BCUT2D eigenvalue weighted by molar-refractivity contribution is -0.127. The third-order valence-corrected chi connectivity index (χ3v) is 4.70. The molecule has 1 N–H and O–H groups in total. The lowest BCUT2D eigenvalue weighted by atomic mass is 10.1. The van der Waals surface area contributed by atoms with E-state index in [-0.39, 0.29) is 11.8 Å². The zero-order valence-corrected chi connectivity index (χ0v) is 14.9. The fourth-order valence-corrected chi connectivity index (χ4v) is 3.07. The quantitative estimate of drug-likeness (QED) is 0.856. The Morgan fingerprint density at radius 1 is 1.36 bits per heavy atom. The molecule has 8 heteroatoms. The minimum absolute atomic E-state index is 0.134. The van der Waals surface area contributed by atoms with Crippen molar-refractivity contribution in [2.45, 2.75) is 33.4 Å². The average Bonchev–Trinajstić information content (AvgIpc) is 3.04. The summed E-state index contributed by atoms with van der Waals surface area (Å²) in [4.78, 5) is 32.9. The number of hydrogen-bond acceptors (Lipinski definition) is 5. The highest BCUT2D eigenvalue weighted by molar-refractivity contribution is 6.02. The van der Waals surface area contributed by atoms with E-state index < -0.39 is 6.04 Å². The lowest BCUT2D eigenvalue weighted by Crippen LogP contribution is -2.55. The van der Waals surface area contributed by atoms with Crippen molar-refractivity contribution in [1.82, 2.24) is 29.7 Å². The van der Waals surface area contributed by atoms with Crippen molar-refractivity contribution in [3.05, 3.63) is 29.7 Å². The molecule has 3 rings (SSSR count). The van der Waals surface area contributed by atoms with Crippen LogP contribution in [-0.4, -0.2) is 68.4 Å². The van der Waals surface area contributed by atoms with E-state index in [0.29, 0.717) is 24.3 Å². The van der Waals surface area contributed by atoms with Crippen LogP contribution in [0.25, 0.3) is 5.65 Å². The maximum absolute atomic E-state index is 12.8. The average molecular weight is 344 g/mol. The van der Waals surface area contributed by atoms with Gasteiger partial charge in [-0.15, -0.1) is 0 Å². The zero-order chi connectivity index (χ0) is 18.0. The van der Waals surface area contributed by atoms with E-state index in [1.807, 2.05) is 6.20 Å². The normalized spacial score (nSPS) is 18.0. The number of amides is 2. The maximum atomic E-state index is 12.8. The van der Waals surface area contributed by atoms with Crippen LogP contribution in [-0.2, 0) is 11.3 Å². The molecule has 0 aromatic carbocycles. The smallest absolute Gasteiger partial charge is 0.260 e. The van der Waals surface area contributed by atoms with E-state index in [2.05, 4.69) is 34.1 Å². The van der Waals surface area contributed by atoms with Crippen molar-refractivity contribution in [2.75, 3.05) is 26.2 Å². The van der Waals surface area contributed by atoms with Crippen LogP contribution in [0.4, 0.5) is 0 Å². The molecule has 8 nitrogen and oxygen atoms in total. The Hall–Kier alpha value is -2.48. The van der Waals surface area contributed by atoms with Crippen molar-refractivity contribution in [2.24, 2.45) is 0 Å². The third-order valence-electron chi connectivity index (χ3n) is 4.70. The molecule has 0 aliphatic carbocycles. The van der Waals surface area contributed by atoms with Crippen molar-refractivity contribution in [1.29, 1.82) is 0 Å². The molecule has 1 fully saturated rings. The van der Waals surface area contributed by atoms with Crippen LogP contribution in [0.15, 0.2) is 18.6 Å². The summed E-state index contributed by atoms with van der Waals surface area (Å²) < 4.78 is 1.64. The SMILES string of the molecule is CCN(CC)Cc1cnc2c(C(=O)N3CCNC(=O)[C@@H]3C)cnn2c1. The predicted octanol–water partition coefficient (Wildman–Crippen LogP) is 0.532. The number of hydrogen-bond donors (Lipinski definition) is 1. The molecule has 134 valence electrons. The first-order valence-corrected chi connectivity index (χ1v) is 8.68. The van der Waals surface area contributed by atoms with E-state index in [0.717, 1.165) is 25.2 Å². The van der Waals surface area contributed by atoms with E-state index in [9.17, 15) is 9.59 Å². The summed E-state index contributed by atoms with van der Waals surface area (Å²) >= 11 is 0. The van der Waals surface area contributed by atoms with Gasteiger partial charge in [-0.25, -0.2) is 9.50 Å². The summed E-state index contributed by atoms with van der Waals surface area (Å²) in [5, 5.41) is 7.05. The molecule has 0 saturated carbocycles. The van der Waals surface area contributed by atoms with E-state index in [4.69, 9.17) is 0 Å². The van der Waals surface area contributed by atoms with Gasteiger partial charge in [-0.05, 0) is 20.0 Å². The number of nitrogens with one attached hydrogen (secondary N) is 1. The number of aromatic nitrogens is 3. The van der Waals surface area contributed by atoms with Gasteiger partial charge in [0.25, 0.3) is 5.91 Å². The molecule has 0 spiro atoms. The second-order valence-electron chi connectivity index (χ2n) is 6.22. The number of rotatable bonds is 5. The van der Waals surface area contributed by atoms with Gasteiger partial charge >= 0.3 is 0 Å². The van der Waals surface area contributed by atoms with Crippen LogP contribution in [0, 0.1) is 0 Å². The molecule has 2 aromatic rings. The van der Waals surface area contributed by atoms with Crippen molar-refractivity contribution < 1.29 is 9.59 Å². The summed E-state index contributed by atoms with van der Waals surface area (Å²) in [5.74, 6) is -0.341. The molecule has 1 aliphatic heterocycles. The third kappa shape index (κ3) is 3.34. The molecule has 25 heavy (non-hydrogen) atoms. The van der Waals surface area contributed by atoms with Crippen molar-refractivity contribution >= 4 is 17.5 Å². The standard InChI is InChI=1S/C17H24N6O2/c1-4-21(5-2)10-13-8-19-15-14(9-20-23(15)11-13)17(25)22-7-6-18-16(24)12(22)3/h8-9,11-12H,4-7,10H2,1-3H3,(H,18,24)/t12-/m0/s1. The monoisotopic (exact) mass is 344 g/mol. The van der Waals surface area contributed by atoms with Gasteiger partial charge < -0.3 is 10.2 Å². The van der Waals surface area contributed by atoms with Crippen molar-refractivity contribution in [3.8, 4) is 0 Å². The summed E-state index contributed by atoms with van der Waals surface area (Å²) in [6, 6.07) is -0.488. The second-order valence-corrected chi connectivity index (χ2v) is 6.22. The second kappa shape index (κ2) is 7.18. The van der Waals surface area contributed by atoms with Gasteiger partial charge in [-0.1, -0.05) is 13.8 Å². The predicted molar refractivity (Wildman–Crippen MR) is 93.1 cm³/mol. The number of nitrogens with zero attached hydrogens (tertiary/aromatic N) is 5. The maximum Gasteiger partial charge on any atom is 0.260 e. The van der Waals surface area contributed by atoms with E-state index in [1.165, 1.54) is 6.20 Å². The molecule has 1 atom stereocenters. The molecule has 2 amide bonds. The topological polar surface area (TPSA) is 82.8 Å². The van der Waals surface area contributed by atoms with Crippen LogP contribution >= 0.6 is 0 Å². The number of carbonyl (C=O) groups excluding carboxylic acids is 2. The Bertz CT molecular complexity index is 783. The number of fused-ring (bicyclic) bond motifs is 1. The Balaban J connectivity index is 1.85. The fraction of sp³-hybridized carbons (Fsp3) is 0.529. The van der Waals surface area contributed by atoms with Crippen LogP contribution < -0.4 is 5.32 Å². The van der Waals surface area contributed by atoms with Crippen LogP contribution in [0.1, 0.15) is 36.7 Å². The molecule has 0 unspecified atom stereocenters. The highest BCUT2D eigenvalue weighted by atomic mass is 16.2. The van der Waals surface area contributed by atoms with Gasteiger partial charge in [0.1, 0.15) is 11.6 Å². The first-order chi connectivity index (χ1) is 12.0. The van der Waals surface area contributed by atoms with Gasteiger partial charge in [0.05, 0.1) is 6.20 Å². The Morgan fingerprint density at radius 2 is 2.12 bits per heavy atom. The van der Waals surface area contributed by atoms with E-state index >= 15 is 0 Å². The highest BCUT2D eigenvalue weighted by Gasteiger charge is 2.31. The first kappa shape index (κ1) is 17.3. The van der Waals surface area contributed by atoms with Gasteiger partial charge in [0, 0.05) is 37.6 Å². The molecule has 0 bridgehead atoms. The largest absolute Gasteiger partial charge is 0.353 e. The van der Waals surface area contributed by atoms with Gasteiger partial charge in [-0.2, -0.15) is 5.10 Å². The Labute approximate surface area is 146 Å². The molecule has 2 aromatic heterocycles. The summed E-state index contributed by atoms with van der Waals surface area (Å²) in [5.41, 5.74) is 1.99. The molecule has 1 aliphatic rings. The number of piperazine rings is 1. The number of carbonyl (C=O) groups is 2. The lowest BCUT2D eigenvalue weighted by Gasteiger charge is -2.32. The molecular weight excluding hydrogens is 320 g/mol. The summed E-state index contributed by atoms with van der Waals surface area (Å²) in [6.45, 7) is 9.65. The fourth-order valence-electron chi connectivity index (χ4n) is 3.07. The van der Waals surface area contributed by atoms with Crippen molar-refractivity contribution in [3.63, 3.8) is 0 Å². The summed E-state index contributed by atoms with van der Waals surface area (Å²) in [7, 11) is 0. The Kier molecular flexibility index (Phi) is 4.98. The van der Waals surface area contributed by atoms with Gasteiger partial charge in [0.15, 0.2) is 5.65 Å². The Morgan fingerprint density at radius 3 is 2.84 bits per heavy atom. The van der Waals surface area contributed by atoms with Gasteiger partial charge in [-0.3, -0.25) is 14.5 Å².